The van der Waals surface area contributed by atoms with Gasteiger partial charge in [0.15, 0.2) is 0 Å². The number of rotatable bonds is 5. The lowest BCUT2D eigenvalue weighted by Gasteiger charge is -2.25. The van der Waals surface area contributed by atoms with E-state index in [2.05, 4.69) is 5.32 Å². The van der Waals surface area contributed by atoms with Gasteiger partial charge in [-0.25, -0.2) is 12.7 Å². The van der Waals surface area contributed by atoms with E-state index in [9.17, 15) is 13.2 Å². The molecule has 0 spiro atoms. The van der Waals surface area contributed by atoms with E-state index in [0.717, 1.165) is 24.8 Å². The monoisotopic (exact) mass is 406 g/mol. The molecule has 1 fully saturated rings. The molecule has 1 amide bonds. The first-order chi connectivity index (χ1) is 12.9. The maximum absolute atomic E-state index is 12.5. The Bertz CT molecular complexity index is 921. The largest absolute Gasteiger partial charge is 0.322 e. The summed E-state index contributed by atoms with van der Waals surface area (Å²) in [6.07, 6.45) is 2.92. The SMILES string of the molecule is Cc1c(Cl)cccc1NC(=O)c1ccc(CS(=O)(=O)N2CCCCC2)cc1. The van der Waals surface area contributed by atoms with Gasteiger partial charge in [0.2, 0.25) is 10.0 Å². The molecule has 0 aromatic heterocycles. The Balaban J connectivity index is 1.67. The van der Waals surface area contributed by atoms with Gasteiger partial charge in [-0.05, 0) is 55.2 Å². The number of carbonyl (C=O) groups excluding carboxylic acids is 1. The van der Waals surface area contributed by atoms with Crippen LogP contribution in [0.4, 0.5) is 5.69 Å². The summed E-state index contributed by atoms with van der Waals surface area (Å²) in [7, 11) is -3.31. The summed E-state index contributed by atoms with van der Waals surface area (Å²) in [5.41, 5.74) is 2.60. The first-order valence-corrected chi connectivity index (χ1v) is 11.0. The number of anilines is 1. The van der Waals surface area contributed by atoms with Crippen LogP contribution in [0.2, 0.25) is 5.02 Å². The van der Waals surface area contributed by atoms with E-state index in [-0.39, 0.29) is 11.7 Å². The summed E-state index contributed by atoms with van der Waals surface area (Å²) in [5.74, 6) is -0.298. The smallest absolute Gasteiger partial charge is 0.255 e. The highest BCUT2D eigenvalue weighted by Crippen LogP contribution is 2.23. The average molecular weight is 407 g/mol. The highest BCUT2D eigenvalue weighted by atomic mass is 35.5. The molecule has 0 unspecified atom stereocenters. The second kappa shape index (κ2) is 8.42. The zero-order chi connectivity index (χ0) is 19.4. The van der Waals surface area contributed by atoms with E-state index in [1.807, 2.05) is 6.92 Å². The lowest BCUT2D eigenvalue weighted by Crippen LogP contribution is -2.36. The molecule has 1 aliphatic heterocycles. The second-order valence-corrected chi connectivity index (χ2v) is 9.16. The Morgan fingerprint density at radius 3 is 2.41 bits per heavy atom. The number of hydrogen-bond acceptors (Lipinski definition) is 3. The number of nitrogens with zero attached hydrogens (tertiary/aromatic N) is 1. The highest BCUT2D eigenvalue weighted by molar-refractivity contribution is 7.88. The van der Waals surface area contributed by atoms with Crippen LogP contribution in [0.5, 0.6) is 0 Å². The molecular weight excluding hydrogens is 384 g/mol. The van der Waals surface area contributed by atoms with Gasteiger partial charge in [-0.15, -0.1) is 0 Å². The lowest BCUT2D eigenvalue weighted by atomic mass is 10.1. The maximum atomic E-state index is 12.5. The Morgan fingerprint density at radius 2 is 1.74 bits per heavy atom. The van der Waals surface area contributed by atoms with Gasteiger partial charge in [-0.2, -0.15) is 0 Å². The van der Waals surface area contributed by atoms with E-state index in [1.165, 1.54) is 0 Å². The molecule has 1 aliphatic rings. The number of halogens is 1. The van der Waals surface area contributed by atoms with Gasteiger partial charge in [0.25, 0.3) is 5.91 Å². The molecule has 2 aromatic rings. The first kappa shape index (κ1) is 19.9. The summed E-state index contributed by atoms with van der Waals surface area (Å²) in [6.45, 7) is 3.04. The Hall–Kier alpha value is -1.89. The molecule has 0 atom stereocenters. The number of benzene rings is 2. The molecule has 7 heteroatoms. The highest BCUT2D eigenvalue weighted by Gasteiger charge is 2.24. The van der Waals surface area contributed by atoms with Gasteiger partial charge < -0.3 is 5.32 Å². The van der Waals surface area contributed by atoms with Crippen molar-refractivity contribution in [3.05, 3.63) is 64.2 Å². The van der Waals surface area contributed by atoms with Gasteiger partial charge in [-0.3, -0.25) is 4.79 Å². The molecule has 27 heavy (non-hydrogen) atoms. The predicted molar refractivity (Wildman–Crippen MR) is 109 cm³/mol. The molecule has 1 saturated heterocycles. The van der Waals surface area contributed by atoms with E-state index in [0.29, 0.717) is 34.9 Å². The van der Waals surface area contributed by atoms with Crippen molar-refractivity contribution in [3.63, 3.8) is 0 Å². The number of amides is 1. The molecule has 0 aliphatic carbocycles. The maximum Gasteiger partial charge on any atom is 0.255 e. The molecule has 0 saturated carbocycles. The fraction of sp³-hybridized carbons (Fsp3) is 0.350. The molecule has 2 aromatic carbocycles. The number of carbonyl (C=O) groups is 1. The number of hydrogen-bond donors (Lipinski definition) is 1. The second-order valence-electron chi connectivity index (χ2n) is 6.78. The molecule has 144 valence electrons. The van der Waals surface area contributed by atoms with E-state index in [1.54, 1.807) is 46.8 Å². The van der Waals surface area contributed by atoms with Crippen LogP contribution in [0, 0.1) is 6.92 Å². The van der Waals surface area contributed by atoms with Gasteiger partial charge in [0, 0.05) is 29.4 Å². The third-order valence-electron chi connectivity index (χ3n) is 4.79. The van der Waals surface area contributed by atoms with Gasteiger partial charge in [0.05, 0.1) is 5.75 Å². The first-order valence-electron chi connectivity index (χ1n) is 9.00. The summed E-state index contributed by atoms with van der Waals surface area (Å²) in [6, 6.07) is 12.0. The van der Waals surface area contributed by atoms with Crippen LogP contribution in [-0.4, -0.2) is 31.7 Å². The zero-order valence-corrected chi connectivity index (χ0v) is 16.8. The third-order valence-corrected chi connectivity index (χ3v) is 7.05. The fourth-order valence-corrected chi connectivity index (χ4v) is 4.92. The van der Waals surface area contributed by atoms with Crippen LogP contribution in [0.25, 0.3) is 0 Å². The van der Waals surface area contributed by atoms with E-state index < -0.39 is 10.0 Å². The Labute approximate surface area is 165 Å². The minimum atomic E-state index is -3.31. The Kier molecular flexibility index (Phi) is 6.19. The molecule has 3 rings (SSSR count). The fourth-order valence-electron chi connectivity index (χ4n) is 3.13. The predicted octanol–water partition coefficient (Wildman–Crippen LogP) is 4.22. The summed E-state index contributed by atoms with van der Waals surface area (Å²) in [5, 5.41) is 3.43. The number of piperidine rings is 1. The molecule has 5 nitrogen and oxygen atoms in total. The van der Waals surface area contributed by atoms with Crippen molar-refractivity contribution in [1.29, 1.82) is 0 Å². The van der Waals surface area contributed by atoms with Gasteiger partial charge in [-0.1, -0.05) is 36.2 Å². The Morgan fingerprint density at radius 1 is 1.07 bits per heavy atom. The van der Waals surface area contributed by atoms with Gasteiger partial charge >= 0.3 is 0 Å². The van der Waals surface area contributed by atoms with Crippen molar-refractivity contribution in [1.82, 2.24) is 4.31 Å². The summed E-state index contributed by atoms with van der Waals surface area (Å²) >= 11 is 6.08. The molecule has 1 heterocycles. The minimum absolute atomic E-state index is 0.0394. The number of nitrogens with one attached hydrogen (secondary N) is 1. The van der Waals surface area contributed by atoms with E-state index >= 15 is 0 Å². The standard InChI is InChI=1S/C20H23ClN2O3S/c1-15-18(21)6-5-7-19(15)22-20(24)17-10-8-16(9-11-17)14-27(25,26)23-12-3-2-4-13-23/h5-11H,2-4,12-14H2,1H3,(H,22,24). The topological polar surface area (TPSA) is 66.5 Å². The molecule has 0 radical (unpaired) electrons. The van der Waals surface area contributed by atoms with Crippen molar-refractivity contribution >= 4 is 33.2 Å². The third kappa shape index (κ3) is 4.89. The quantitative estimate of drug-likeness (QED) is 0.808. The van der Waals surface area contributed by atoms with Crippen LogP contribution >= 0.6 is 11.6 Å². The average Bonchev–Trinajstić information content (AvgIpc) is 2.66. The zero-order valence-electron chi connectivity index (χ0n) is 15.2. The summed E-state index contributed by atoms with van der Waals surface area (Å²) in [4.78, 5) is 12.4. The van der Waals surface area contributed by atoms with Crippen molar-refractivity contribution < 1.29 is 13.2 Å². The van der Waals surface area contributed by atoms with Crippen molar-refractivity contribution in [2.45, 2.75) is 31.9 Å². The number of sulfonamides is 1. The van der Waals surface area contributed by atoms with Crippen molar-refractivity contribution in [3.8, 4) is 0 Å². The van der Waals surface area contributed by atoms with E-state index in [4.69, 9.17) is 11.6 Å². The van der Waals surface area contributed by atoms with Crippen molar-refractivity contribution in [2.75, 3.05) is 18.4 Å². The van der Waals surface area contributed by atoms with Crippen LogP contribution in [0.3, 0.4) is 0 Å². The molecule has 1 N–H and O–H groups in total. The summed E-state index contributed by atoms with van der Waals surface area (Å²) < 4.78 is 26.6. The normalized spacial score (nSPS) is 15.5. The van der Waals surface area contributed by atoms with Crippen LogP contribution in [0.15, 0.2) is 42.5 Å². The lowest BCUT2D eigenvalue weighted by molar-refractivity contribution is 0.102. The molecular formula is C20H23ClN2O3S. The minimum Gasteiger partial charge on any atom is -0.322 e. The van der Waals surface area contributed by atoms with Crippen LogP contribution in [0.1, 0.15) is 40.7 Å². The molecule has 0 bridgehead atoms. The van der Waals surface area contributed by atoms with Gasteiger partial charge in [0.1, 0.15) is 0 Å². The van der Waals surface area contributed by atoms with Crippen LogP contribution < -0.4 is 5.32 Å². The van der Waals surface area contributed by atoms with Crippen molar-refractivity contribution in [2.24, 2.45) is 0 Å². The van der Waals surface area contributed by atoms with Crippen LogP contribution in [-0.2, 0) is 15.8 Å².